The molecule has 0 saturated carbocycles. The van der Waals surface area contributed by atoms with Crippen LogP contribution in [-0.4, -0.2) is 92.1 Å². The summed E-state index contributed by atoms with van der Waals surface area (Å²) in [6, 6.07) is 24.5. The van der Waals surface area contributed by atoms with E-state index in [4.69, 9.17) is 19.6 Å². The maximum atomic E-state index is 14.1. The molecule has 0 bridgehead atoms. The van der Waals surface area contributed by atoms with E-state index in [1.165, 1.54) is 18.2 Å². The summed E-state index contributed by atoms with van der Waals surface area (Å²) in [5, 5.41) is 34.9. The number of nitrogens with two attached hydrogens (primary N) is 1. The van der Waals surface area contributed by atoms with Crippen LogP contribution in [0.25, 0.3) is 21.9 Å². The van der Waals surface area contributed by atoms with Gasteiger partial charge in [-0.15, -0.1) is 0 Å². The van der Waals surface area contributed by atoms with Gasteiger partial charge < -0.3 is 51.1 Å². The van der Waals surface area contributed by atoms with E-state index in [2.05, 4.69) is 26.0 Å². The van der Waals surface area contributed by atoms with Gasteiger partial charge in [-0.2, -0.15) is 0 Å². The van der Waals surface area contributed by atoms with Crippen molar-refractivity contribution in [3.63, 3.8) is 0 Å². The Hall–Kier alpha value is -6.05. The predicted molar refractivity (Wildman–Crippen MR) is 244 cm³/mol. The number of carbonyl (C=O) groups is 4. The topological polar surface area (TPSA) is 261 Å². The molecule has 0 spiro atoms. The van der Waals surface area contributed by atoms with E-state index in [1.807, 2.05) is 39.8 Å². The second-order valence-corrected chi connectivity index (χ2v) is 18.4. The van der Waals surface area contributed by atoms with E-state index >= 15 is 0 Å². The van der Waals surface area contributed by atoms with Gasteiger partial charge >= 0.3 is 12.2 Å². The highest BCUT2D eigenvalue weighted by molar-refractivity contribution is 7.89. The molecule has 5 rings (SSSR count). The minimum atomic E-state index is -4.45. The molecule has 0 aliphatic rings. The van der Waals surface area contributed by atoms with Crippen LogP contribution in [0.5, 0.6) is 0 Å². The van der Waals surface area contributed by atoms with E-state index in [-0.39, 0.29) is 49.3 Å². The van der Waals surface area contributed by atoms with Crippen LogP contribution in [0, 0.1) is 11.8 Å². The van der Waals surface area contributed by atoms with E-state index in [0.717, 1.165) is 11.1 Å². The summed E-state index contributed by atoms with van der Waals surface area (Å²) in [6.45, 7) is 6.51. The predicted octanol–water partition coefficient (Wildman–Crippen LogP) is 4.59. The van der Waals surface area contributed by atoms with Gasteiger partial charge in [-0.3, -0.25) is 9.59 Å². The van der Waals surface area contributed by atoms with Crippen molar-refractivity contribution in [2.24, 2.45) is 17.6 Å². The summed E-state index contributed by atoms with van der Waals surface area (Å²) in [5.41, 5.74) is 8.55. The lowest BCUT2D eigenvalue weighted by atomic mass is 9.98. The smallest absolute Gasteiger partial charge is 0.408 e. The summed E-state index contributed by atoms with van der Waals surface area (Å²) < 4.78 is 47.2. The quantitative estimate of drug-likeness (QED) is 0.0448. The maximum Gasteiger partial charge on any atom is 0.408 e. The van der Waals surface area contributed by atoms with Gasteiger partial charge in [0.05, 0.1) is 29.2 Å². The maximum absolute atomic E-state index is 14.1. The van der Waals surface area contributed by atoms with Crippen LogP contribution in [0.4, 0.5) is 9.59 Å². The first kappa shape index (κ1) is 50.0. The van der Waals surface area contributed by atoms with Crippen LogP contribution in [0.15, 0.2) is 112 Å². The molecule has 17 nitrogen and oxygen atoms in total. The van der Waals surface area contributed by atoms with E-state index in [9.17, 15) is 37.8 Å². The number of furan rings is 1. The third-order valence-electron chi connectivity index (χ3n) is 10.5. The number of amides is 4. The van der Waals surface area contributed by atoms with Crippen molar-refractivity contribution >= 4 is 56.0 Å². The molecule has 0 aliphatic carbocycles. The molecular formula is C47H60N6O11S. The average molecular weight is 917 g/mol. The average Bonchev–Trinajstić information content (AvgIpc) is 3.66. The molecule has 18 heteroatoms. The SMILES string of the molecule is CC(C)C[C@H](NC(=O)OCc1ccccc1)C(=O)NCC(O)C(CC(O)C(CN)NC(=O)[C@H](CC(C)C)NC(=O)OCc1ccccc1)NS(=O)(=O)c1ccc2oc3ccccc3c2c1. The van der Waals surface area contributed by atoms with Gasteiger partial charge in [0.1, 0.15) is 36.5 Å². The molecule has 0 aliphatic heterocycles. The highest BCUT2D eigenvalue weighted by atomic mass is 32.2. The van der Waals surface area contributed by atoms with Crippen molar-refractivity contribution < 1.29 is 51.7 Å². The molecule has 350 valence electrons. The van der Waals surface area contributed by atoms with Crippen LogP contribution in [0.3, 0.4) is 0 Å². The zero-order valence-corrected chi connectivity index (χ0v) is 37.8. The zero-order chi connectivity index (χ0) is 47.1. The number of aliphatic hydroxyl groups is 2. The number of alkyl carbamates (subject to hydrolysis) is 2. The zero-order valence-electron chi connectivity index (χ0n) is 36.9. The largest absolute Gasteiger partial charge is 0.456 e. The van der Waals surface area contributed by atoms with Crippen molar-refractivity contribution in [1.29, 1.82) is 0 Å². The number of benzene rings is 4. The van der Waals surface area contributed by atoms with Crippen LogP contribution < -0.4 is 31.7 Å². The van der Waals surface area contributed by atoms with Crippen LogP contribution in [-0.2, 0) is 42.3 Å². The Kier molecular flexibility index (Phi) is 18.3. The minimum absolute atomic E-state index is 0.0320. The lowest BCUT2D eigenvalue weighted by molar-refractivity contribution is -0.125. The molecule has 5 aromatic rings. The Morgan fingerprint density at radius 2 is 1.15 bits per heavy atom. The molecule has 1 aromatic heterocycles. The molecule has 1 heterocycles. The molecule has 4 unspecified atom stereocenters. The lowest BCUT2D eigenvalue weighted by Gasteiger charge is -2.31. The molecule has 6 atom stereocenters. The van der Waals surface area contributed by atoms with Gasteiger partial charge in [-0.25, -0.2) is 22.7 Å². The fourth-order valence-corrected chi connectivity index (χ4v) is 8.44. The second-order valence-electron chi connectivity index (χ2n) is 16.7. The number of hydrogen-bond acceptors (Lipinski definition) is 12. The van der Waals surface area contributed by atoms with Crippen molar-refractivity contribution in [3.05, 3.63) is 114 Å². The monoisotopic (exact) mass is 916 g/mol. The van der Waals surface area contributed by atoms with Crippen LogP contribution in [0.1, 0.15) is 58.1 Å². The van der Waals surface area contributed by atoms with Gasteiger partial charge in [-0.05, 0) is 66.5 Å². The van der Waals surface area contributed by atoms with Crippen LogP contribution in [0.2, 0.25) is 0 Å². The van der Waals surface area contributed by atoms with Gasteiger partial charge in [0.2, 0.25) is 21.8 Å². The normalized spacial score (nSPS) is 14.5. The number of ether oxygens (including phenoxy) is 2. The molecular weight excluding hydrogens is 857 g/mol. The Balaban J connectivity index is 1.32. The molecule has 0 saturated heterocycles. The standard InChI is InChI=1S/C47H60N6O11S/c1-29(2)21-37(51-46(58)62-27-31-13-7-5-8-14-31)44(56)49-26-41(55)36(53-65(60,61)33-19-20-43-35(23-33)34-17-11-12-18-42(34)64-43)24-40(54)39(25-48)50-45(57)38(22-30(3)4)52-47(59)63-28-32-15-9-6-10-16-32/h5-20,23,29-30,36-41,53-55H,21-22,24-28,48H2,1-4H3,(H,49,56)(H,50,57)(H,51,58)(H,52,59)/t36?,37-,38-,39?,40?,41?/m0/s1. The first-order valence-corrected chi connectivity index (χ1v) is 23.0. The number of fused-ring (bicyclic) bond motifs is 3. The summed E-state index contributed by atoms with van der Waals surface area (Å²) in [4.78, 5) is 52.6. The number of para-hydroxylation sites is 1. The Labute approximate surface area is 378 Å². The van der Waals surface area contributed by atoms with Gasteiger partial charge in [0, 0.05) is 23.9 Å². The number of rotatable bonds is 23. The van der Waals surface area contributed by atoms with E-state index in [0.29, 0.717) is 21.9 Å². The molecule has 4 amide bonds. The number of sulfonamides is 1. The molecule has 65 heavy (non-hydrogen) atoms. The van der Waals surface area contributed by atoms with Gasteiger partial charge in [0.15, 0.2) is 0 Å². The summed E-state index contributed by atoms with van der Waals surface area (Å²) in [5.74, 6) is -1.46. The van der Waals surface area contributed by atoms with Crippen molar-refractivity contribution in [2.45, 2.75) is 101 Å². The highest BCUT2D eigenvalue weighted by Crippen LogP contribution is 2.30. The lowest BCUT2D eigenvalue weighted by Crippen LogP contribution is -2.57. The third kappa shape index (κ3) is 15.0. The van der Waals surface area contributed by atoms with Gasteiger partial charge in [-0.1, -0.05) is 107 Å². The number of aliphatic hydroxyl groups excluding tert-OH is 2. The Morgan fingerprint density at radius 1 is 0.631 bits per heavy atom. The first-order chi connectivity index (χ1) is 31.0. The summed E-state index contributed by atoms with van der Waals surface area (Å²) in [6.07, 6.45) is -5.01. The van der Waals surface area contributed by atoms with Crippen molar-refractivity contribution in [3.8, 4) is 0 Å². The summed E-state index contributed by atoms with van der Waals surface area (Å²) in [7, 11) is -4.45. The fraction of sp³-hybridized carbons (Fsp3) is 0.404. The number of nitrogens with one attached hydrogen (secondary N) is 5. The van der Waals surface area contributed by atoms with Crippen molar-refractivity contribution in [2.75, 3.05) is 13.1 Å². The fourth-order valence-electron chi connectivity index (χ4n) is 7.13. The highest BCUT2D eigenvalue weighted by Gasteiger charge is 2.34. The van der Waals surface area contributed by atoms with Gasteiger partial charge in [0.25, 0.3) is 0 Å². The summed E-state index contributed by atoms with van der Waals surface area (Å²) >= 11 is 0. The first-order valence-electron chi connectivity index (χ1n) is 21.5. The Bertz CT molecular complexity index is 2450. The van der Waals surface area contributed by atoms with Crippen molar-refractivity contribution in [1.82, 2.24) is 26.0 Å². The molecule has 9 N–H and O–H groups in total. The van der Waals surface area contributed by atoms with E-state index < -0.39 is 83.4 Å². The Morgan fingerprint density at radius 3 is 1.71 bits per heavy atom. The third-order valence-corrected chi connectivity index (χ3v) is 12.0. The molecule has 0 radical (unpaired) electrons. The minimum Gasteiger partial charge on any atom is -0.456 e. The molecule has 0 fully saturated rings. The second kappa shape index (κ2) is 23.8. The number of carbonyl (C=O) groups excluding carboxylic acids is 4. The van der Waals surface area contributed by atoms with E-state index in [1.54, 1.807) is 72.8 Å². The van der Waals surface area contributed by atoms with Crippen LogP contribution >= 0.6 is 0 Å². The number of hydrogen-bond donors (Lipinski definition) is 8. The molecule has 4 aromatic carbocycles.